The third kappa shape index (κ3) is 5.68. The van der Waals surface area contributed by atoms with Crippen molar-refractivity contribution in [2.75, 3.05) is 45.0 Å². The van der Waals surface area contributed by atoms with Gasteiger partial charge in [0.15, 0.2) is 6.73 Å². The van der Waals surface area contributed by atoms with Crippen molar-refractivity contribution in [1.82, 2.24) is 4.90 Å². The van der Waals surface area contributed by atoms with Crippen LogP contribution >= 0.6 is 23.2 Å². The normalized spacial score (nSPS) is 15.5. The number of carboxylic acid groups (broad SMARTS) is 1. The first kappa shape index (κ1) is 29.4. The number of hydrogen-bond acceptors (Lipinski definition) is 7. The fourth-order valence-electron chi connectivity index (χ4n) is 5.34. The Morgan fingerprint density at radius 1 is 1.07 bits per heavy atom. The summed E-state index contributed by atoms with van der Waals surface area (Å²) < 4.78 is 11.7. The lowest BCUT2D eigenvalue weighted by atomic mass is 9.94. The van der Waals surface area contributed by atoms with Gasteiger partial charge in [-0.25, -0.2) is 4.79 Å². The van der Waals surface area contributed by atoms with E-state index in [1.807, 2.05) is 35.2 Å². The van der Waals surface area contributed by atoms with E-state index in [1.54, 1.807) is 32.3 Å². The number of anilines is 1. The number of aryl methyl sites for hydroxylation is 1. The van der Waals surface area contributed by atoms with E-state index < -0.39 is 5.97 Å². The highest BCUT2D eigenvalue weighted by atomic mass is 35.5. The number of carbonyl (C=O) groups excluding carboxylic acids is 1. The molecule has 2 aliphatic rings. The molecule has 2 aliphatic heterocycles. The van der Waals surface area contributed by atoms with Gasteiger partial charge in [-0.15, -0.1) is 0 Å². The molecule has 3 aromatic carbocycles. The predicted molar refractivity (Wildman–Crippen MR) is 165 cm³/mol. The number of aliphatic imine (C=N–C) groups is 1. The van der Waals surface area contributed by atoms with Crippen LogP contribution < -0.4 is 15.4 Å². The molecule has 0 atom stereocenters. The van der Waals surface area contributed by atoms with E-state index in [4.69, 9.17) is 38.4 Å². The number of para-hydroxylation sites is 1. The number of nitrogens with two attached hydrogens (primary N) is 1. The minimum atomic E-state index is -0.972. The lowest BCUT2D eigenvalue weighted by Gasteiger charge is -2.32. The number of carboxylic acids is 1. The van der Waals surface area contributed by atoms with Crippen molar-refractivity contribution in [3.63, 3.8) is 0 Å². The zero-order valence-corrected chi connectivity index (χ0v) is 24.7. The van der Waals surface area contributed by atoms with Crippen molar-refractivity contribution < 1.29 is 24.2 Å². The van der Waals surface area contributed by atoms with E-state index in [0.29, 0.717) is 54.4 Å². The summed E-state index contributed by atoms with van der Waals surface area (Å²) in [6.07, 6.45) is 2.97. The number of carbonyl (C=O) groups is 2. The molecule has 42 heavy (non-hydrogen) atoms. The molecule has 2 heterocycles. The number of hydrogen-bond donors (Lipinski definition) is 2. The van der Waals surface area contributed by atoms with E-state index in [9.17, 15) is 14.7 Å². The van der Waals surface area contributed by atoms with Gasteiger partial charge in [-0.2, -0.15) is 0 Å². The zero-order chi connectivity index (χ0) is 30.0. The van der Waals surface area contributed by atoms with Crippen molar-refractivity contribution in [3.05, 3.63) is 86.5 Å². The molecule has 0 unspecified atom stereocenters. The first-order valence-electron chi connectivity index (χ1n) is 13.3. The number of rotatable bonds is 6. The SMILES string of the molecule is CN=CC(=CN)c1cc(Cl)c(C(=O)N2COc3c(cccc3-c3cc(C)c(C(=O)O)c(N4CCOCC4)c3)C2)c(Cl)c1. The molecule has 0 aromatic heterocycles. The summed E-state index contributed by atoms with van der Waals surface area (Å²) in [5, 5.41) is 10.4. The second-order valence-electron chi connectivity index (χ2n) is 9.99. The Hall–Kier alpha value is -4.05. The summed E-state index contributed by atoms with van der Waals surface area (Å²) in [5.41, 5.74) is 11.2. The molecule has 11 heteroatoms. The number of benzene rings is 3. The van der Waals surface area contributed by atoms with Crippen LogP contribution in [0.3, 0.4) is 0 Å². The van der Waals surface area contributed by atoms with Gasteiger partial charge in [-0.1, -0.05) is 47.5 Å². The Kier molecular flexibility index (Phi) is 8.72. The van der Waals surface area contributed by atoms with Crippen molar-refractivity contribution in [3.8, 4) is 16.9 Å². The average Bonchev–Trinajstić information content (AvgIpc) is 2.98. The average molecular weight is 610 g/mol. The molecule has 3 aromatic rings. The largest absolute Gasteiger partial charge is 0.478 e. The summed E-state index contributed by atoms with van der Waals surface area (Å²) >= 11 is 13.1. The topological polar surface area (TPSA) is 118 Å². The van der Waals surface area contributed by atoms with Gasteiger partial charge in [0.1, 0.15) is 5.75 Å². The number of fused-ring (bicyclic) bond motifs is 1. The lowest BCUT2D eigenvalue weighted by Crippen LogP contribution is -2.37. The van der Waals surface area contributed by atoms with Gasteiger partial charge in [0.2, 0.25) is 0 Å². The summed E-state index contributed by atoms with van der Waals surface area (Å²) in [5.74, 6) is -0.701. The first-order chi connectivity index (χ1) is 20.2. The van der Waals surface area contributed by atoms with Crippen LogP contribution in [0.5, 0.6) is 5.75 Å². The van der Waals surface area contributed by atoms with Gasteiger partial charge < -0.3 is 30.1 Å². The quantitative estimate of drug-likeness (QED) is 0.355. The van der Waals surface area contributed by atoms with Crippen LogP contribution in [0, 0.1) is 6.92 Å². The van der Waals surface area contributed by atoms with E-state index in [0.717, 1.165) is 16.7 Å². The lowest BCUT2D eigenvalue weighted by molar-refractivity contribution is 0.0516. The van der Waals surface area contributed by atoms with Crippen LogP contribution in [-0.4, -0.2) is 68.2 Å². The molecule has 0 saturated carbocycles. The maximum absolute atomic E-state index is 13.6. The standard InChI is InChI=1S/C31H30Cl2N4O5/c1-18-10-21(13-26(27(18)31(39)40)36-6-8-41-9-7-36)23-5-3-4-19-16-37(17-42-29(19)23)30(38)28-24(32)11-20(12-25(28)33)22(14-34)15-35-2/h3-5,10-15H,6-9,16-17,34H2,1-2H3,(H,39,40). The number of halogens is 2. The van der Waals surface area contributed by atoms with E-state index in [2.05, 4.69) is 4.99 Å². The van der Waals surface area contributed by atoms with Crippen LogP contribution in [-0.2, 0) is 11.3 Å². The Balaban J connectivity index is 1.46. The third-order valence-electron chi connectivity index (χ3n) is 7.34. The molecule has 0 spiro atoms. The number of nitrogens with zero attached hydrogens (tertiary/aromatic N) is 3. The minimum absolute atomic E-state index is 0.0176. The molecular weight excluding hydrogens is 579 g/mol. The van der Waals surface area contributed by atoms with Crippen LogP contribution in [0.25, 0.3) is 16.7 Å². The van der Waals surface area contributed by atoms with Gasteiger partial charge in [0, 0.05) is 49.3 Å². The fraction of sp³-hybridized carbons (Fsp3) is 0.258. The summed E-state index contributed by atoms with van der Waals surface area (Å²) in [6, 6.07) is 12.7. The maximum atomic E-state index is 13.6. The highest BCUT2D eigenvalue weighted by Crippen LogP contribution is 2.40. The van der Waals surface area contributed by atoms with Crippen molar-refractivity contribution in [2.24, 2.45) is 10.7 Å². The number of amides is 1. The van der Waals surface area contributed by atoms with Gasteiger partial charge in [-0.05, 0) is 41.8 Å². The second kappa shape index (κ2) is 12.4. The second-order valence-corrected chi connectivity index (χ2v) is 10.8. The van der Waals surface area contributed by atoms with Crippen LogP contribution in [0.15, 0.2) is 53.7 Å². The number of aromatic carboxylic acids is 1. The molecule has 0 aliphatic carbocycles. The Bertz CT molecular complexity index is 1590. The van der Waals surface area contributed by atoms with Gasteiger partial charge in [0.25, 0.3) is 5.91 Å². The van der Waals surface area contributed by atoms with E-state index in [1.165, 1.54) is 11.1 Å². The molecule has 1 amide bonds. The summed E-state index contributed by atoms with van der Waals surface area (Å²) in [4.78, 5) is 33.3. The first-order valence-corrected chi connectivity index (χ1v) is 14.1. The van der Waals surface area contributed by atoms with E-state index in [-0.39, 0.29) is 40.4 Å². The Morgan fingerprint density at radius 3 is 2.43 bits per heavy atom. The van der Waals surface area contributed by atoms with Crippen LogP contribution in [0.2, 0.25) is 10.0 Å². The van der Waals surface area contributed by atoms with Crippen molar-refractivity contribution in [1.29, 1.82) is 0 Å². The van der Waals surface area contributed by atoms with Crippen molar-refractivity contribution >= 4 is 52.6 Å². The maximum Gasteiger partial charge on any atom is 0.338 e. The number of ether oxygens (including phenoxy) is 2. The van der Waals surface area contributed by atoms with Gasteiger partial charge in [0.05, 0.1) is 46.6 Å². The van der Waals surface area contributed by atoms with Crippen molar-refractivity contribution in [2.45, 2.75) is 13.5 Å². The molecule has 1 fully saturated rings. The molecule has 3 N–H and O–H groups in total. The molecule has 0 bridgehead atoms. The highest BCUT2D eigenvalue weighted by Gasteiger charge is 2.29. The smallest absolute Gasteiger partial charge is 0.338 e. The van der Waals surface area contributed by atoms with Gasteiger partial charge in [-0.3, -0.25) is 9.79 Å². The Morgan fingerprint density at radius 2 is 1.79 bits per heavy atom. The Labute approximate surface area is 253 Å². The third-order valence-corrected chi connectivity index (χ3v) is 7.93. The zero-order valence-electron chi connectivity index (χ0n) is 23.2. The fourth-order valence-corrected chi connectivity index (χ4v) is 5.99. The van der Waals surface area contributed by atoms with E-state index >= 15 is 0 Å². The molecule has 5 rings (SSSR count). The monoisotopic (exact) mass is 608 g/mol. The highest BCUT2D eigenvalue weighted by molar-refractivity contribution is 6.40. The minimum Gasteiger partial charge on any atom is -0.478 e. The molecule has 9 nitrogen and oxygen atoms in total. The van der Waals surface area contributed by atoms with Crippen LogP contribution in [0.1, 0.15) is 37.4 Å². The summed E-state index contributed by atoms with van der Waals surface area (Å²) in [6.45, 7) is 4.33. The van der Waals surface area contributed by atoms with Crippen LogP contribution in [0.4, 0.5) is 5.69 Å². The predicted octanol–water partition coefficient (Wildman–Crippen LogP) is 5.50. The molecule has 218 valence electrons. The number of morpholine rings is 1. The molecule has 0 radical (unpaired) electrons. The molecule has 1 saturated heterocycles. The number of allylic oxidation sites excluding steroid dienone is 1. The molecular formula is C31H30Cl2N4O5. The van der Waals surface area contributed by atoms with Gasteiger partial charge >= 0.3 is 5.97 Å². The summed E-state index contributed by atoms with van der Waals surface area (Å²) in [7, 11) is 1.62.